The molecule has 0 aromatic rings. The molecule has 3 heterocycles. The summed E-state index contributed by atoms with van der Waals surface area (Å²) in [5.41, 5.74) is 0. The van der Waals surface area contributed by atoms with E-state index >= 15 is 0 Å². The first-order valence-corrected chi connectivity index (χ1v) is 7.85. The fourth-order valence-electron chi connectivity index (χ4n) is 3.21. The molecule has 0 aromatic carbocycles. The number of nitrogens with zero attached hydrogens (tertiary/aromatic N) is 2. The van der Waals surface area contributed by atoms with Crippen LogP contribution in [0.4, 0.5) is 0 Å². The van der Waals surface area contributed by atoms with Gasteiger partial charge in [0, 0.05) is 51.3 Å². The molecule has 0 aromatic heterocycles. The zero-order chi connectivity index (χ0) is 13.6. The molecule has 6 nitrogen and oxygen atoms in total. The summed E-state index contributed by atoms with van der Waals surface area (Å²) in [6.07, 6.45) is 2.30. The van der Waals surface area contributed by atoms with Crippen molar-refractivity contribution in [2.75, 3.05) is 59.2 Å². The van der Waals surface area contributed by atoms with Crippen LogP contribution < -0.4 is 10.6 Å². The summed E-state index contributed by atoms with van der Waals surface area (Å²) < 4.78 is 11.1. The number of rotatable bonds is 4. The lowest BCUT2D eigenvalue weighted by Gasteiger charge is -2.37. The fourth-order valence-corrected chi connectivity index (χ4v) is 3.21. The Labute approximate surface area is 120 Å². The highest BCUT2D eigenvalue weighted by Gasteiger charge is 2.31. The predicted molar refractivity (Wildman–Crippen MR) is 78.0 cm³/mol. The van der Waals surface area contributed by atoms with Gasteiger partial charge in [-0.05, 0) is 12.8 Å². The van der Waals surface area contributed by atoms with E-state index in [0.717, 1.165) is 71.5 Å². The number of ether oxygens (including phenoxy) is 2. The summed E-state index contributed by atoms with van der Waals surface area (Å²) in [6, 6.07) is 0.521. The first-order valence-electron chi connectivity index (χ1n) is 7.85. The van der Waals surface area contributed by atoms with Crippen LogP contribution in [0.2, 0.25) is 0 Å². The van der Waals surface area contributed by atoms with Gasteiger partial charge in [0.25, 0.3) is 0 Å². The molecule has 114 valence electrons. The second-order valence-corrected chi connectivity index (χ2v) is 5.73. The SMILES string of the molecule is C1CN=C(NCC(C2CCOC2)N2CCOCC2)NC1. The molecule has 0 aliphatic carbocycles. The second kappa shape index (κ2) is 7.24. The zero-order valence-electron chi connectivity index (χ0n) is 12.1. The van der Waals surface area contributed by atoms with Gasteiger partial charge in [-0.1, -0.05) is 0 Å². The van der Waals surface area contributed by atoms with Gasteiger partial charge in [-0.15, -0.1) is 0 Å². The van der Waals surface area contributed by atoms with Crippen LogP contribution in [0.15, 0.2) is 4.99 Å². The Morgan fingerprint density at radius 1 is 1.30 bits per heavy atom. The van der Waals surface area contributed by atoms with E-state index in [9.17, 15) is 0 Å². The molecule has 0 radical (unpaired) electrons. The summed E-state index contributed by atoms with van der Waals surface area (Å²) in [7, 11) is 0. The zero-order valence-corrected chi connectivity index (χ0v) is 12.1. The summed E-state index contributed by atoms with van der Waals surface area (Å²) in [5.74, 6) is 1.60. The van der Waals surface area contributed by atoms with Crippen LogP contribution in [0.5, 0.6) is 0 Å². The van der Waals surface area contributed by atoms with Crippen molar-refractivity contribution in [2.45, 2.75) is 18.9 Å². The number of hydrogen-bond donors (Lipinski definition) is 2. The third-order valence-electron chi connectivity index (χ3n) is 4.40. The van der Waals surface area contributed by atoms with Gasteiger partial charge in [0.2, 0.25) is 0 Å². The Morgan fingerprint density at radius 3 is 2.90 bits per heavy atom. The van der Waals surface area contributed by atoms with Crippen LogP contribution >= 0.6 is 0 Å². The normalized spacial score (nSPS) is 29.6. The maximum Gasteiger partial charge on any atom is 0.191 e. The Balaban J connectivity index is 1.57. The lowest BCUT2D eigenvalue weighted by molar-refractivity contribution is 0.00246. The average Bonchev–Trinajstić information content (AvgIpc) is 3.04. The first-order chi connectivity index (χ1) is 9.93. The van der Waals surface area contributed by atoms with E-state index in [1.165, 1.54) is 6.42 Å². The number of aliphatic imine (C=N–C) groups is 1. The van der Waals surface area contributed by atoms with E-state index < -0.39 is 0 Å². The van der Waals surface area contributed by atoms with Gasteiger partial charge < -0.3 is 20.1 Å². The highest BCUT2D eigenvalue weighted by Crippen LogP contribution is 2.21. The smallest absolute Gasteiger partial charge is 0.191 e. The van der Waals surface area contributed by atoms with Gasteiger partial charge in [0.05, 0.1) is 19.8 Å². The Bertz CT molecular complexity index is 325. The molecule has 3 aliphatic heterocycles. The molecule has 3 aliphatic rings. The van der Waals surface area contributed by atoms with Gasteiger partial charge in [-0.25, -0.2) is 0 Å². The lowest BCUT2D eigenvalue weighted by Crippen LogP contribution is -2.54. The standard InChI is InChI=1S/C14H26N4O2/c1-3-15-14(16-4-1)17-10-13(12-2-7-20-11-12)18-5-8-19-9-6-18/h12-13H,1-11H2,(H2,15,16,17). The van der Waals surface area contributed by atoms with Crippen LogP contribution in [-0.2, 0) is 9.47 Å². The molecule has 20 heavy (non-hydrogen) atoms. The van der Waals surface area contributed by atoms with Gasteiger partial charge in [-0.2, -0.15) is 0 Å². The molecule has 2 saturated heterocycles. The Morgan fingerprint density at radius 2 is 2.20 bits per heavy atom. The topological polar surface area (TPSA) is 58.1 Å². The molecule has 2 atom stereocenters. The fraction of sp³-hybridized carbons (Fsp3) is 0.929. The molecule has 2 fully saturated rings. The first kappa shape index (κ1) is 14.1. The minimum atomic E-state index is 0.521. The number of hydrogen-bond acceptors (Lipinski definition) is 6. The number of guanidine groups is 1. The molecular weight excluding hydrogens is 256 g/mol. The average molecular weight is 282 g/mol. The molecule has 0 bridgehead atoms. The van der Waals surface area contributed by atoms with Crippen LogP contribution in [-0.4, -0.2) is 76.1 Å². The molecule has 0 amide bonds. The Kier molecular flexibility index (Phi) is 5.11. The van der Waals surface area contributed by atoms with E-state index in [4.69, 9.17) is 9.47 Å². The molecule has 2 unspecified atom stereocenters. The maximum atomic E-state index is 5.59. The van der Waals surface area contributed by atoms with E-state index in [-0.39, 0.29) is 0 Å². The maximum absolute atomic E-state index is 5.59. The van der Waals surface area contributed by atoms with Gasteiger partial charge >= 0.3 is 0 Å². The summed E-state index contributed by atoms with van der Waals surface area (Å²) in [6.45, 7) is 8.47. The predicted octanol–water partition coefficient (Wildman–Crippen LogP) is -0.337. The monoisotopic (exact) mass is 282 g/mol. The molecular formula is C14H26N4O2. The van der Waals surface area contributed by atoms with E-state index in [2.05, 4.69) is 20.5 Å². The van der Waals surface area contributed by atoms with E-state index in [1.807, 2.05) is 0 Å². The van der Waals surface area contributed by atoms with Crippen LogP contribution in [0.25, 0.3) is 0 Å². The van der Waals surface area contributed by atoms with E-state index in [0.29, 0.717) is 12.0 Å². The van der Waals surface area contributed by atoms with E-state index in [1.54, 1.807) is 0 Å². The third kappa shape index (κ3) is 3.62. The number of nitrogens with one attached hydrogen (secondary N) is 2. The summed E-state index contributed by atoms with van der Waals surface area (Å²) >= 11 is 0. The van der Waals surface area contributed by atoms with Crippen molar-refractivity contribution in [3.63, 3.8) is 0 Å². The van der Waals surface area contributed by atoms with Crippen molar-refractivity contribution in [3.8, 4) is 0 Å². The quantitative estimate of drug-likeness (QED) is 0.739. The highest BCUT2D eigenvalue weighted by atomic mass is 16.5. The van der Waals surface area contributed by atoms with Crippen LogP contribution in [0, 0.1) is 5.92 Å². The molecule has 2 N–H and O–H groups in total. The lowest BCUT2D eigenvalue weighted by atomic mass is 9.97. The minimum absolute atomic E-state index is 0.521. The van der Waals surface area contributed by atoms with Crippen molar-refractivity contribution < 1.29 is 9.47 Å². The molecule has 3 rings (SSSR count). The van der Waals surface area contributed by atoms with Crippen LogP contribution in [0.3, 0.4) is 0 Å². The molecule has 0 spiro atoms. The largest absolute Gasteiger partial charge is 0.381 e. The number of morpholine rings is 1. The second-order valence-electron chi connectivity index (χ2n) is 5.73. The highest BCUT2D eigenvalue weighted by molar-refractivity contribution is 5.80. The van der Waals surface area contributed by atoms with Gasteiger partial charge in [-0.3, -0.25) is 9.89 Å². The van der Waals surface area contributed by atoms with Crippen molar-refractivity contribution in [1.29, 1.82) is 0 Å². The van der Waals surface area contributed by atoms with Crippen LogP contribution in [0.1, 0.15) is 12.8 Å². The molecule has 0 saturated carbocycles. The van der Waals surface area contributed by atoms with Crippen molar-refractivity contribution in [2.24, 2.45) is 10.9 Å². The van der Waals surface area contributed by atoms with Gasteiger partial charge in [0.1, 0.15) is 0 Å². The van der Waals surface area contributed by atoms with Crippen molar-refractivity contribution in [1.82, 2.24) is 15.5 Å². The summed E-state index contributed by atoms with van der Waals surface area (Å²) in [5, 5.41) is 6.83. The molecule has 6 heteroatoms. The van der Waals surface area contributed by atoms with Gasteiger partial charge in [0.15, 0.2) is 5.96 Å². The third-order valence-corrected chi connectivity index (χ3v) is 4.40. The van der Waals surface area contributed by atoms with Crippen molar-refractivity contribution in [3.05, 3.63) is 0 Å². The van der Waals surface area contributed by atoms with Crippen molar-refractivity contribution >= 4 is 5.96 Å². The minimum Gasteiger partial charge on any atom is -0.381 e. The Hall–Kier alpha value is -0.850. The summed E-state index contributed by atoms with van der Waals surface area (Å²) in [4.78, 5) is 7.05.